The molecule has 6 heteroatoms. The van der Waals surface area contributed by atoms with Gasteiger partial charge in [0.1, 0.15) is 17.7 Å². The maximum atomic E-state index is 14.0. The first-order valence-electron chi connectivity index (χ1n) is 8.89. The lowest BCUT2D eigenvalue weighted by molar-refractivity contribution is 0.0159. The minimum absolute atomic E-state index is 0.0315. The fourth-order valence-corrected chi connectivity index (χ4v) is 3.91. The molecule has 2 aromatic carbocycles. The molecule has 27 heavy (non-hydrogen) atoms. The summed E-state index contributed by atoms with van der Waals surface area (Å²) < 4.78 is 20.0. The third-order valence-corrected chi connectivity index (χ3v) is 4.98. The van der Waals surface area contributed by atoms with Crippen molar-refractivity contribution in [2.24, 2.45) is 5.41 Å². The fourth-order valence-electron chi connectivity index (χ4n) is 3.71. The molecule has 144 valence electrons. The molecule has 1 unspecified atom stereocenters. The maximum Gasteiger partial charge on any atom is 0.338 e. The lowest BCUT2D eigenvalue weighted by Crippen LogP contribution is -2.48. The molecular weight excluding hydrogens is 369 g/mol. The van der Waals surface area contributed by atoms with Crippen LogP contribution in [0.25, 0.3) is 0 Å². The second kappa shape index (κ2) is 7.87. The molecule has 1 saturated heterocycles. The number of carboxylic acids is 1. The number of aromatic carboxylic acids is 1. The number of halogens is 2. The Morgan fingerprint density at radius 2 is 2.04 bits per heavy atom. The molecule has 0 saturated carbocycles. The van der Waals surface area contributed by atoms with E-state index in [9.17, 15) is 9.18 Å². The van der Waals surface area contributed by atoms with Gasteiger partial charge < -0.3 is 9.84 Å². The van der Waals surface area contributed by atoms with Crippen LogP contribution in [-0.4, -0.2) is 35.2 Å². The van der Waals surface area contributed by atoms with Gasteiger partial charge in [-0.1, -0.05) is 55.8 Å². The highest BCUT2D eigenvalue weighted by Crippen LogP contribution is 2.34. The Balaban J connectivity index is 1.76. The first kappa shape index (κ1) is 19.6. The van der Waals surface area contributed by atoms with E-state index in [4.69, 9.17) is 21.4 Å². The van der Waals surface area contributed by atoms with Crippen molar-refractivity contribution >= 4 is 17.6 Å². The first-order chi connectivity index (χ1) is 12.7. The van der Waals surface area contributed by atoms with Gasteiger partial charge in [0, 0.05) is 25.7 Å². The molecule has 2 aromatic rings. The molecule has 1 heterocycles. The van der Waals surface area contributed by atoms with Crippen LogP contribution in [-0.2, 0) is 6.54 Å². The molecule has 1 N–H and O–H groups in total. The minimum Gasteiger partial charge on any atom is -0.487 e. The quantitative estimate of drug-likeness (QED) is 0.791. The largest absolute Gasteiger partial charge is 0.487 e. The summed E-state index contributed by atoms with van der Waals surface area (Å²) in [6, 6.07) is 12.4. The number of likely N-dealkylation sites (tertiary alicyclic amines) is 1. The summed E-state index contributed by atoms with van der Waals surface area (Å²) in [5.74, 6) is -2.02. The van der Waals surface area contributed by atoms with Crippen molar-refractivity contribution in [3.8, 4) is 5.75 Å². The maximum absolute atomic E-state index is 14.0. The molecule has 4 nitrogen and oxygen atoms in total. The Labute approximate surface area is 163 Å². The SMILES string of the molecule is CC1(C)CC(Oc2cc(F)c(C(=O)O)cc2Cl)CN(Cc2ccccc2)C1. The van der Waals surface area contributed by atoms with Gasteiger partial charge >= 0.3 is 5.97 Å². The van der Waals surface area contributed by atoms with Gasteiger partial charge in [0.25, 0.3) is 0 Å². The molecule has 3 rings (SSSR count). The normalized spacial score (nSPS) is 19.6. The predicted molar refractivity (Wildman–Crippen MR) is 103 cm³/mol. The van der Waals surface area contributed by atoms with Gasteiger partial charge in [0.2, 0.25) is 0 Å². The molecule has 0 aromatic heterocycles. The van der Waals surface area contributed by atoms with Crippen molar-refractivity contribution in [3.05, 3.63) is 64.4 Å². The summed E-state index contributed by atoms with van der Waals surface area (Å²) >= 11 is 6.13. The van der Waals surface area contributed by atoms with E-state index in [0.717, 1.165) is 31.6 Å². The topological polar surface area (TPSA) is 49.8 Å². The van der Waals surface area contributed by atoms with Crippen molar-refractivity contribution in [2.45, 2.75) is 32.9 Å². The Bertz CT molecular complexity index is 826. The van der Waals surface area contributed by atoms with E-state index in [1.54, 1.807) is 0 Å². The summed E-state index contributed by atoms with van der Waals surface area (Å²) in [5, 5.41) is 9.10. The van der Waals surface area contributed by atoms with Crippen LogP contribution in [0.15, 0.2) is 42.5 Å². The molecule has 1 aliphatic heterocycles. The molecule has 0 radical (unpaired) electrons. The van der Waals surface area contributed by atoms with Crippen LogP contribution >= 0.6 is 11.6 Å². The molecule has 1 atom stereocenters. The third kappa shape index (κ3) is 4.99. The van der Waals surface area contributed by atoms with E-state index in [2.05, 4.69) is 30.9 Å². The second-order valence-corrected chi connectivity index (χ2v) is 8.24. The number of nitrogens with zero attached hydrogens (tertiary/aromatic N) is 1. The van der Waals surface area contributed by atoms with Crippen LogP contribution in [0.5, 0.6) is 5.75 Å². The zero-order chi connectivity index (χ0) is 19.6. The van der Waals surface area contributed by atoms with E-state index >= 15 is 0 Å². The number of ether oxygens (including phenoxy) is 1. The summed E-state index contributed by atoms with van der Waals surface area (Å²) in [7, 11) is 0. The lowest BCUT2D eigenvalue weighted by Gasteiger charge is -2.42. The van der Waals surface area contributed by atoms with Crippen molar-refractivity contribution in [1.29, 1.82) is 0 Å². The number of benzene rings is 2. The number of carbonyl (C=O) groups is 1. The van der Waals surface area contributed by atoms with E-state index in [1.807, 2.05) is 18.2 Å². The van der Waals surface area contributed by atoms with Gasteiger partial charge in [-0.2, -0.15) is 0 Å². The highest BCUT2D eigenvalue weighted by molar-refractivity contribution is 6.32. The Morgan fingerprint density at radius 1 is 1.33 bits per heavy atom. The number of hydrogen-bond donors (Lipinski definition) is 1. The molecule has 0 aliphatic carbocycles. The van der Waals surface area contributed by atoms with Gasteiger partial charge in [-0.05, 0) is 23.5 Å². The summed E-state index contributed by atoms with van der Waals surface area (Å²) in [4.78, 5) is 13.3. The van der Waals surface area contributed by atoms with Gasteiger partial charge in [-0.25, -0.2) is 9.18 Å². The van der Waals surface area contributed by atoms with Crippen LogP contribution < -0.4 is 4.74 Å². The lowest BCUT2D eigenvalue weighted by atomic mass is 9.82. The standard InChI is InChI=1S/C21H23ClFNO3/c1-21(2)10-15(12-24(13-21)11-14-6-4-3-5-7-14)27-19-9-18(23)16(20(25)26)8-17(19)22/h3-9,15H,10-13H2,1-2H3,(H,25,26). The Kier molecular flexibility index (Phi) is 5.72. The van der Waals surface area contributed by atoms with Gasteiger partial charge in [-0.3, -0.25) is 4.90 Å². The van der Waals surface area contributed by atoms with Crippen LogP contribution in [0.2, 0.25) is 5.02 Å². The van der Waals surface area contributed by atoms with Crippen LogP contribution in [0.4, 0.5) is 4.39 Å². The van der Waals surface area contributed by atoms with Crippen molar-refractivity contribution in [3.63, 3.8) is 0 Å². The highest BCUT2D eigenvalue weighted by Gasteiger charge is 2.34. The minimum atomic E-state index is -1.35. The van der Waals surface area contributed by atoms with Crippen molar-refractivity contribution in [1.82, 2.24) is 4.90 Å². The first-order valence-corrected chi connectivity index (χ1v) is 9.26. The van der Waals surface area contributed by atoms with Crippen LogP contribution in [0, 0.1) is 11.2 Å². The average Bonchev–Trinajstić information content (AvgIpc) is 2.57. The number of rotatable bonds is 5. The van der Waals surface area contributed by atoms with Crippen LogP contribution in [0.3, 0.4) is 0 Å². The summed E-state index contributed by atoms with van der Waals surface area (Å²) in [6.07, 6.45) is 0.640. The fraction of sp³-hybridized carbons (Fsp3) is 0.381. The second-order valence-electron chi connectivity index (χ2n) is 7.83. The van der Waals surface area contributed by atoms with Gasteiger partial charge in [0.05, 0.1) is 10.6 Å². The van der Waals surface area contributed by atoms with Crippen molar-refractivity contribution in [2.75, 3.05) is 13.1 Å². The van der Waals surface area contributed by atoms with Crippen LogP contribution in [0.1, 0.15) is 36.2 Å². The van der Waals surface area contributed by atoms with E-state index in [1.165, 1.54) is 5.56 Å². The molecule has 0 spiro atoms. The van der Waals surface area contributed by atoms with Crippen molar-refractivity contribution < 1.29 is 19.0 Å². The highest BCUT2D eigenvalue weighted by atomic mass is 35.5. The molecule has 1 fully saturated rings. The van der Waals surface area contributed by atoms with E-state index in [-0.39, 0.29) is 22.3 Å². The predicted octanol–water partition coefficient (Wildman–Crippen LogP) is 4.86. The number of hydrogen-bond acceptors (Lipinski definition) is 3. The Hall–Kier alpha value is -2.11. The zero-order valence-electron chi connectivity index (χ0n) is 15.4. The summed E-state index contributed by atoms with van der Waals surface area (Å²) in [6.45, 7) is 6.79. The smallest absolute Gasteiger partial charge is 0.338 e. The molecular formula is C21H23ClFNO3. The monoisotopic (exact) mass is 391 g/mol. The third-order valence-electron chi connectivity index (χ3n) is 4.69. The summed E-state index contributed by atoms with van der Waals surface area (Å²) in [5.41, 5.74) is 0.801. The van der Waals surface area contributed by atoms with Gasteiger partial charge in [-0.15, -0.1) is 0 Å². The zero-order valence-corrected chi connectivity index (χ0v) is 16.2. The average molecular weight is 392 g/mol. The molecule has 1 aliphatic rings. The van der Waals surface area contributed by atoms with E-state index in [0.29, 0.717) is 6.54 Å². The van der Waals surface area contributed by atoms with E-state index < -0.39 is 17.3 Å². The van der Waals surface area contributed by atoms with Gasteiger partial charge in [0.15, 0.2) is 0 Å². The molecule has 0 bridgehead atoms. The number of piperidine rings is 1. The molecule has 0 amide bonds. The Morgan fingerprint density at radius 3 is 2.70 bits per heavy atom. The number of carboxylic acid groups (broad SMARTS) is 1.